The van der Waals surface area contributed by atoms with Gasteiger partial charge in [0.05, 0.1) is 18.1 Å². The molecule has 138 valence electrons. The van der Waals surface area contributed by atoms with Crippen LogP contribution in [0.25, 0.3) is 0 Å². The minimum absolute atomic E-state index is 0.0142. The number of nitrogens with zero attached hydrogens (tertiary/aromatic N) is 1. The lowest BCUT2D eigenvalue weighted by Gasteiger charge is -2.42. The molecule has 1 aromatic carbocycles. The van der Waals surface area contributed by atoms with Gasteiger partial charge in [-0.1, -0.05) is 0 Å². The Labute approximate surface area is 143 Å². The van der Waals surface area contributed by atoms with Gasteiger partial charge in [0, 0.05) is 19.1 Å². The van der Waals surface area contributed by atoms with Crippen molar-refractivity contribution in [3.8, 4) is 0 Å². The third kappa shape index (κ3) is 4.71. The van der Waals surface area contributed by atoms with Crippen molar-refractivity contribution < 1.29 is 34.5 Å². The summed E-state index contributed by atoms with van der Waals surface area (Å²) in [5, 5.41) is 42.4. The second kappa shape index (κ2) is 8.32. The molecular formula is C15H20N2O8. The Kier molecular flexibility index (Phi) is 6.39. The maximum absolute atomic E-state index is 11.3. The Morgan fingerprint density at radius 2 is 1.96 bits per heavy atom. The van der Waals surface area contributed by atoms with Crippen molar-refractivity contribution in [1.29, 1.82) is 0 Å². The monoisotopic (exact) mass is 356 g/mol. The summed E-state index contributed by atoms with van der Waals surface area (Å²) in [5.41, 5.74) is 0.546. The first kappa shape index (κ1) is 19.2. The minimum atomic E-state index is -1.39. The molecule has 0 bridgehead atoms. The van der Waals surface area contributed by atoms with Crippen molar-refractivity contribution in [3.63, 3.8) is 0 Å². The molecule has 1 aliphatic rings. The van der Waals surface area contributed by atoms with Crippen LogP contribution >= 0.6 is 0 Å². The van der Waals surface area contributed by atoms with Gasteiger partial charge in [-0.15, -0.1) is 0 Å². The fourth-order valence-electron chi connectivity index (χ4n) is 2.51. The van der Waals surface area contributed by atoms with Crippen LogP contribution in [0.5, 0.6) is 0 Å². The first-order valence-electron chi connectivity index (χ1n) is 7.58. The highest BCUT2D eigenvalue weighted by Gasteiger charge is 2.45. The number of hydrogen-bond donors (Lipinski definition) is 4. The zero-order valence-electron chi connectivity index (χ0n) is 13.4. The number of hydrogen-bond acceptors (Lipinski definition) is 8. The molecule has 2 rings (SSSR count). The van der Waals surface area contributed by atoms with Gasteiger partial charge in [0.15, 0.2) is 6.29 Å². The summed E-state index contributed by atoms with van der Waals surface area (Å²) in [6.07, 6.45) is -4.96. The van der Waals surface area contributed by atoms with Gasteiger partial charge in [0.2, 0.25) is 5.91 Å². The maximum atomic E-state index is 11.3. The number of nitro benzene ring substituents is 1. The van der Waals surface area contributed by atoms with Crippen molar-refractivity contribution in [2.45, 2.75) is 44.2 Å². The van der Waals surface area contributed by atoms with E-state index in [2.05, 4.69) is 5.32 Å². The quantitative estimate of drug-likeness (QED) is 0.376. The molecule has 1 amide bonds. The number of carbonyl (C=O) groups excluding carboxylic acids is 1. The number of ether oxygens (including phenoxy) is 2. The van der Waals surface area contributed by atoms with Crippen LogP contribution in [0.3, 0.4) is 0 Å². The molecule has 10 heteroatoms. The summed E-state index contributed by atoms with van der Waals surface area (Å²) >= 11 is 0. The summed E-state index contributed by atoms with van der Waals surface area (Å²) < 4.78 is 11.0. The van der Waals surface area contributed by atoms with Gasteiger partial charge in [-0.25, -0.2) is 0 Å². The predicted octanol–water partition coefficient (Wildman–Crippen LogP) is -0.945. The minimum Gasteiger partial charge on any atom is -0.394 e. The van der Waals surface area contributed by atoms with E-state index in [4.69, 9.17) is 9.47 Å². The van der Waals surface area contributed by atoms with Crippen molar-refractivity contribution in [3.05, 3.63) is 39.9 Å². The van der Waals surface area contributed by atoms with Gasteiger partial charge in [0.25, 0.3) is 5.69 Å². The molecule has 1 saturated heterocycles. The lowest BCUT2D eigenvalue weighted by atomic mass is 9.97. The van der Waals surface area contributed by atoms with Crippen molar-refractivity contribution in [2.24, 2.45) is 0 Å². The van der Waals surface area contributed by atoms with E-state index in [1.165, 1.54) is 31.2 Å². The number of benzene rings is 1. The zero-order chi connectivity index (χ0) is 18.6. The van der Waals surface area contributed by atoms with Crippen LogP contribution in [0.15, 0.2) is 24.3 Å². The first-order chi connectivity index (χ1) is 11.8. The van der Waals surface area contributed by atoms with E-state index in [9.17, 15) is 30.2 Å². The lowest BCUT2D eigenvalue weighted by molar-refractivity contribution is -0.384. The fraction of sp³-hybridized carbons (Fsp3) is 0.533. The highest BCUT2D eigenvalue weighted by molar-refractivity contribution is 5.73. The number of nitro groups is 1. The predicted molar refractivity (Wildman–Crippen MR) is 83.3 cm³/mol. The highest BCUT2D eigenvalue weighted by atomic mass is 16.7. The number of amides is 1. The van der Waals surface area contributed by atoms with E-state index >= 15 is 0 Å². The van der Waals surface area contributed by atoms with Crippen LogP contribution in [0.1, 0.15) is 12.5 Å². The van der Waals surface area contributed by atoms with E-state index in [0.717, 1.165) is 0 Å². The standard InChI is InChI=1S/C15H20N2O8/c1-8(19)16-12-14(21)13(20)11(6-18)25-15(12)24-7-9-2-4-10(5-3-9)17(22)23/h2-5,11-15,18,20-21H,6-7H2,1H3,(H,16,19)/t11-,12+,13+,14+,15-/m1/s1. The summed E-state index contributed by atoms with van der Waals surface area (Å²) in [6.45, 7) is 0.687. The summed E-state index contributed by atoms with van der Waals surface area (Å²) in [5.74, 6) is -0.453. The highest BCUT2D eigenvalue weighted by Crippen LogP contribution is 2.23. The number of aliphatic hydroxyl groups is 3. The Hall–Kier alpha value is -2.11. The van der Waals surface area contributed by atoms with Crippen LogP contribution in [0.4, 0.5) is 5.69 Å². The van der Waals surface area contributed by atoms with Gasteiger partial charge >= 0.3 is 0 Å². The molecule has 1 aromatic rings. The number of non-ortho nitro benzene ring substituents is 1. The molecule has 1 aliphatic heterocycles. The van der Waals surface area contributed by atoms with E-state index in [-0.39, 0.29) is 12.3 Å². The molecule has 4 N–H and O–H groups in total. The molecule has 0 aromatic heterocycles. The molecule has 0 spiro atoms. The van der Waals surface area contributed by atoms with E-state index in [0.29, 0.717) is 5.56 Å². The SMILES string of the molecule is CC(=O)N[C@@H]1[C@H](OCc2ccc([N+](=O)[O-])cc2)O[C@H](CO)[C@H](O)[C@H]1O. The van der Waals surface area contributed by atoms with Gasteiger partial charge in [-0.3, -0.25) is 14.9 Å². The summed E-state index contributed by atoms with van der Waals surface area (Å²) in [7, 11) is 0. The van der Waals surface area contributed by atoms with Gasteiger partial charge in [-0.05, 0) is 17.7 Å². The average Bonchev–Trinajstić information content (AvgIpc) is 2.58. The maximum Gasteiger partial charge on any atom is 0.269 e. The topological polar surface area (TPSA) is 151 Å². The van der Waals surface area contributed by atoms with E-state index < -0.39 is 48.1 Å². The molecule has 0 aliphatic carbocycles. The van der Waals surface area contributed by atoms with Crippen LogP contribution in [-0.4, -0.2) is 63.4 Å². The normalized spacial score (nSPS) is 29.2. The molecule has 1 fully saturated rings. The van der Waals surface area contributed by atoms with Crippen LogP contribution in [-0.2, 0) is 20.9 Å². The Morgan fingerprint density at radius 1 is 1.32 bits per heavy atom. The molecular weight excluding hydrogens is 336 g/mol. The molecule has 10 nitrogen and oxygen atoms in total. The second-order valence-corrected chi connectivity index (χ2v) is 5.67. The van der Waals surface area contributed by atoms with Crippen molar-refractivity contribution >= 4 is 11.6 Å². The average molecular weight is 356 g/mol. The number of carbonyl (C=O) groups is 1. The van der Waals surface area contributed by atoms with Gasteiger partial charge in [-0.2, -0.15) is 0 Å². The zero-order valence-corrected chi connectivity index (χ0v) is 13.4. The van der Waals surface area contributed by atoms with Crippen molar-refractivity contribution in [2.75, 3.05) is 6.61 Å². The largest absolute Gasteiger partial charge is 0.394 e. The summed E-state index contributed by atoms with van der Waals surface area (Å²) in [4.78, 5) is 21.4. The lowest BCUT2D eigenvalue weighted by Crippen LogP contribution is -2.64. The smallest absolute Gasteiger partial charge is 0.269 e. The summed E-state index contributed by atoms with van der Waals surface area (Å²) in [6, 6.07) is 4.61. The number of rotatable bonds is 6. The Morgan fingerprint density at radius 3 is 2.48 bits per heavy atom. The van der Waals surface area contributed by atoms with Crippen LogP contribution in [0, 0.1) is 10.1 Å². The first-order valence-corrected chi connectivity index (χ1v) is 7.58. The molecule has 0 saturated carbocycles. The van der Waals surface area contributed by atoms with Gasteiger partial charge in [0.1, 0.15) is 24.4 Å². The fourth-order valence-corrected chi connectivity index (χ4v) is 2.51. The van der Waals surface area contributed by atoms with Crippen LogP contribution in [0.2, 0.25) is 0 Å². The molecule has 0 radical (unpaired) electrons. The van der Waals surface area contributed by atoms with Crippen molar-refractivity contribution in [1.82, 2.24) is 5.32 Å². The Bertz CT molecular complexity index is 608. The third-order valence-electron chi connectivity index (χ3n) is 3.81. The number of nitrogens with one attached hydrogen (secondary N) is 1. The number of aliphatic hydroxyl groups excluding tert-OH is 3. The van der Waals surface area contributed by atoms with E-state index in [1.807, 2.05) is 0 Å². The Balaban J connectivity index is 2.07. The van der Waals surface area contributed by atoms with E-state index in [1.54, 1.807) is 0 Å². The molecule has 0 unspecified atom stereocenters. The molecule has 1 heterocycles. The van der Waals surface area contributed by atoms with Gasteiger partial charge < -0.3 is 30.1 Å². The van der Waals surface area contributed by atoms with Crippen LogP contribution < -0.4 is 5.32 Å². The second-order valence-electron chi connectivity index (χ2n) is 5.67. The molecule has 25 heavy (non-hydrogen) atoms. The third-order valence-corrected chi connectivity index (χ3v) is 3.81. The molecule has 5 atom stereocenters.